The molecule has 17 heavy (non-hydrogen) atoms. The number of ether oxygens (including phenoxy) is 1. The van der Waals surface area contributed by atoms with Gasteiger partial charge in [-0.15, -0.1) is 0 Å². The molecule has 0 fully saturated rings. The van der Waals surface area contributed by atoms with E-state index in [-0.39, 0.29) is 5.78 Å². The van der Waals surface area contributed by atoms with Gasteiger partial charge in [-0.1, -0.05) is 18.9 Å². The zero-order chi connectivity index (χ0) is 12.7. The highest BCUT2D eigenvalue weighted by molar-refractivity contribution is 5.96. The van der Waals surface area contributed by atoms with Crippen molar-refractivity contribution in [2.24, 2.45) is 0 Å². The largest absolute Gasteiger partial charge is 0.411 e. The van der Waals surface area contributed by atoms with Crippen molar-refractivity contribution >= 4 is 5.78 Å². The van der Waals surface area contributed by atoms with E-state index in [0.29, 0.717) is 12.0 Å². The Hall–Kier alpha value is -0.840. The van der Waals surface area contributed by atoms with Crippen molar-refractivity contribution in [2.45, 2.75) is 44.7 Å². The van der Waals surface area contributed by atoms with E-state index in [1.807, 2.05) is 6.08 Å². The lowest BCUT2D eigenvalue weighted by molar-refractivity contribution is -0.174. The zero-order valence-corrected chi connectivity index (χ0v) is 9.68. The summed E-state index contributed by atoms with van der Waals surface area (Å²) in [5.41, 5.74) is 0.631. The lowest BCUT2D eigenvalue weighted by Gasteiger charge is -2.11. The van der Waals surface area contributed by atoms with Gasteiger partial charge in [0.2, 0.25) is 0 Å². The van der Waals surface area contributed by atoms with E-state index in [1.165, 1.54) is 0 Å². The van der Waals surface area contributed by atoms with Crippen molar-refractivity contribution in [3.05, 3.63) is 11.6 Å². The predicted molar refractivity (Wildman–Crippen MR) is 57.7 cm³/mol. The number of hydrogen-bond acceptors (Lipinski definition) is 2. The van der Waals surface area contributed by atoms with Gasteiger partial charge in [-0.05, 0) is 31.3 Å². The van der Waals surface area contributed by atoms with Gasteiger partial charge in [0.1, 0.15) is 13.2 Å². The molecule has 0 N–H and O–H groups in total. The summed E-state index contributed by atoms with van der Waals surface area (Å²) in [7, 11) is 0. The Kier molecular flexibility index (Phi) is 5.68. The summed E-state index contributed by atoms with van der Waals surface area (Å²) >= 11 is 0. The number of carbonyl (C=O) groups is 1. The van der Waals surface area contributed by atoms with Crippen LogP contribution < -0.4 is 0 Å². The molecule has 0 aromatic rings. The molecule has 0 aromatic carbocycles. The second-order valence-corrected chi connectivity index (χ2v) is 4.21. The molecule has 1 aliphatic rings. The second kappa shape index (κ2) is 6.79. The summed E-state index contributed by atoms with van der Waals surface area (Å²) in [5.74, 6) is -0.309. The van der Waals surface area contributed by atoms with Crippen LogP contribution in [0.4, 0.5) is 13.2 Å². The fraction of sp³-hybridized carbons (Fsp3) is 0.750. The highest BCUT2D eigenvalue weighted by Crippen LogP contribution is 2.18. The number of hydrogen-bond donors (Lipinski definition) is 0. The quantitative estimate of drug-likeness (QED) is 0.764. The predicted octanol–water partition coefficient (Wildman–Crippen LogP) is 3.42. The Bertz CT molecular complexity index is 282. The molecule has 0 aromatic heterocycles. The second-order valence-electron chi connectivity index (χ2n) is 4.21. The molecule has 0 heterocycles. The Morgan fingerprint density at radius 3 is 2.65 bits per heavy atom. The van der Waals surface area contributed by atoms with Gasteiger partial charge in [0, 0.05) is 0 Å². The smallest absolute Gasteiger partial charge is 0.364 e. The molecule has 5 heteroatoms. The van der Waals surface area contributed by atoms with E-state index in [4.69, 9.17) is 0 Å². The fourth-order valence-electron chi connectivity index (χ4n) is 1.80. The first-order valence-electron chi connectivity index (χ1n) is 5.86. The van der Waals surface area contributed by atoms with Crippen molar-refractivity contribution in [2.75, 3.05) is 13.2 Å². The standard InChI is InChI=1S/C12H17F3O2/c13-12(14,15)9-17-8-11(16)10-6-4-2-1-3-5-7-10/h6H,1-5,7-9H2. The van der Waals surface area contributed by atoms with E-state index in [9.17, 15) is 18.0 Å². The topological polar surface area (TPSA) is 26.3 Å². The number of alkyl halides is 3. The number of halogens is 3. The Balaban J connectivity index is 2.35. The molecule has 1 aliphatic carbocycles. The van der Waals surface area contributed by atoms with E-state index in [2.05, 4.69) is 4.74 Å². The van der Waals surface area contributed by atoms with Crippen molar-refractivity contribution in [1.82, 2.24) is 0 Å². The minimum Gasteiger partial charge on any atom is -0.364 e. The molecule has 0 unspecified atom stereocenters. The normalized spacial score (nSPS) is 18.2. The average Bonchev–Trinajstić information content (AvgIpc) is 2.14. The summed E-state index contributed by atoms with van der Waals surface area (Å²) < 4.78 is 39.8. The van der Waals surface area contributed by atoms with E-state index < -0.39 is 19.4 Å². The molecular weight excluding hydrogens is 233 g/mol. The van der Waals surface area contributed by atoms with Crippen LogP contribution in [0.3, 0.4) is 0 Å². The summed E-state index contributed by atoms with van der Waals surface area (Å²) in [6.45, 7) is -1.82. The minimum atomic E-state index is -4.37. The van der Waals surface area contributed by atoms with Crippen LogP contribution in [-0.4, -0.2) is 25.2 Å². The van der Waals surface area contributed by atoms with E-state index in [0.717, 1.165) is 32.1 Å². The van der Waals surface area contributed by atoms with E-state index >= 15 is 0 Å². The van der Waals surface area contributed by atoms with Crippen molar-refractivity contribution in [3.8, 4) is 0 Å². The Labute approximate surface area is 98.8 Å². The highest BCUT2D eigenvalue weighted by atomic mass is 19.4. The Morgan fingerprint density at radius 1 is 1.24 bits per heavy atom. The summed E-state index contributed by atoms with van der Waals surface area (Å²) in [5, 5.41) is 0. The molecule has 0 spiro atoms. The summed E-state index contributed by atoms with van der Waals surface area (Å²) in [4.78, 5) is 11.6. The van der Waals surface area contributed by atoms with Gasteiger partial charge in [0.15, 0.2) is 5.78 Å². The molecular formula is C12H17F3O2. The maximum Gasteiger partial charge on any atom is 0.411 e. The minimum absolute atomic E-state index is 0.309. The summed E-state index contributed by atoms with van der Waals surface area (Å²) in [6, 6.07) is 0. The maximum absolute atomic E-state index is 11.8. The van der Waals surface area contributed by atoms with Crippen LogP contribution in [0.1, 0.15) is 38.5 Å². The number of Topliss-reactive ketones (excluding diaryl/α,β-unsaturated/α-hetero) is 1. The van der Waals surface area contributed by atoms with Crippen LogP contribution in [0.25, 0.3) is 0 Å². The van der Waals surface area contributed by atoms with Crippen LogP contribution in [0.2, 0.25) is 0 Å². The van der Waals surface area contributed by atoms with E-state index in [1.54, 1.807) is 0 Å². The van der Waals surface area contributed by atoms with Crippen LogP contribution >= 0.6 is 0 Å². The van der Waals surface area contributed by atoms with Gasteiger partial charge in [-0.2, -0.15) is 13.2 Å². The van der Waals surface area contributed by atoms with Gasteiger partial charge >= 0.3 is 6.18 Å². The lowest BCUT2D eigenvalue weighted by atomic mass is 9.97. The van der Waals surface area contributed by atoms with Crippen LogP contribution in [0.5, 0.6) is 0 Å². The van der Waals surface area contributed by atoms with Crippen LogP contribution in [-0.2, 0) is 9.53 Å². The molecule has 0 radical (unpaired) electrons. The third-order valence-electron chi connectivity index (χ3n) is 2.65. The Morgan fingerprint density at radius 2 is 1.94 bits per heavy atom. The molecule has 98 valence electrons. The molecule has 1 rings (SSSR count). The first kappa shape index (κ1) is 14.2. The zero-order valence-electron chi connectivity index (χ0n) is 9.68. The number of ketones is 1. The maximum atomic E-state index is 11.8. The van der Waals surface area contributed by atoms with Gasteiger partial charge in [-0.3, -0.25) is 4.79 Å². The molecule has 2 nitrogen and oxygen atoms in total. The third kappa shape index (κ3) is 6.46. The van der Waals surface area contributed by atoms with Gasteiger partial charge < -0.3 is 4.74 Å². The molecule has 0 amide bonds. The van der Waals surface area contributed by atoms with Crippen LogP contribution in [0, 0.1) is 0 Å². The van der Waals surface area contributed by atoms with Gasteiger partial charge in [-0.25, -0.2) is 0 Å². The van der Waals surface area contributed by atoms with Crippen molar-refractivity contribution < 1.29 is 22.7 Å². The van der Waals surface area contributed by atoms with Gasteiger partial charge in [0.05, 0.1) is 0 Å². The first-order chi connectivity index (χ1) is 7.99. The van der Waals surface area contributed by atoms with Gasteiger partial charge in [0.25, 0.3) is 0 Å². The van der Waals surface area contributed by atoms with Crippen molar-refractivity contribution in [1.29, 1.82) is 0 Å². The molecule has 0 atom stereocenters. The summed E-state index contributed by atoms with van der Waals surface area (Å²) in [6.07, 6.45) is 3.18. The first-order valence-corrected chi connectivity index (χ1v) is 5.86. The monoisotopic (exact) mass is 250 g/mol. The average molecular weight is 250 g/mol. The number of allylic oxidation sites excluding steroid dienone is 1. The highest BCUT2D eigenvalue weighted by Gasteiger charge is 2.28. The third-order valence-corrected chi connectivity index (χ3v) is 2.65. The molecule has 0 bridgehead atoms. The SMILES string of the molecule is O=C(COCC(F)(F)F)C1=CCCCCCC1. The number of carbonyl (C=O) groups excluding carboxylic acids is 1. The van der Waals surface area contributed by atoms with Crippen LogP contribution in [0.15, 0.2) is 11.6 Å². The fourth-order valence-corrected chi connectivity index (χ4v) is 1.80. The number of rotatable bonds is 4. The molecule has 0 saturated carbocycles. The molecule has 0 aliphatic heterocycles. The molecule has 0 saturated heterocycles. The van der Waals surface area contributed by atoms with Crippen molar-refractivity contribution in [3.63, 3.8) is 0 Å². The lowest BCUT2D eigenvalue weighted by Crippen LogP contribution is -2.21.